The van der Waals surface area contributed by atoms with Gasteiger partial charge in [0, 0.05) is 37.6 Å². The average Bonchev–Trinajstić information content (AvgIpc) is 3.54. The van der Waals surface area contributed by atoms with Crippen LogP contribution in [0, 0.1) is 5.92 Å². The van der Waals surface area contributed by atoms with E-state index in [0.29, 0.717) is 29.0 Å². The first-order valence-electron chi connectivity index (χ1n) is 11.7. The fourth-order valence-electron chi connectivity index (χ4n) is 4.23. The molecule has 5 rings (SSSR count). The van der Waals surface area contributed by atoms with E-state index in [-0.39, 0.29) is 11.1 Å². The minimum Gasteiger partial charge on any atom is -0.495 e. The van der Waals surface area contributed by atoms with Gasteiger partial charge in [-0.25, -0.2) is 15.0 Å². The number of hydrogen-bond acceptors (Lipinski definition) is 10. The highest BCUT2D eigenvalue weighted by Gasteiger charge is 2.26. The fraction of sp³-hybridized carbons (Fsp3) is 0.333. The summed E-state index contributed by atoms with van der Waals surface area (Å²) in [6, 6.07) is 5.59. The van der Waals surface area contributed by atoms with E-state index in [9.17, 15) is 9.59 Å². The average molecular weight is 507 g/mol. The van der Waals surface area contributed by atoms with Crippen LogP contribution in [0.5, 0.6) is 5.75 Å². The molecule has 2 amide bonds. The van der Waals surface area contributed by atoms with Gasteiger partial charge in [0.15, 0.2) is 0 Å². The Labute approximate surface area is 212 Å². The summed E-state index contributed by atoms with van der Waals surface area (Å²) in [6.45, 7) is 3.18. The van der Waals surface area contributed by atoms with Gasteiger partial charge >= 0.3 is 0 Å². The van der Waals surface area contributed by atoms with Crippen molar-refractivity contribution >= 4 is 34.9 Å². The standard InChI is InChI=1S/C24H26N8O3S/c1-35-20-3-2-18(16-12-27-28-13-16)30-19(20)14-25-11-15-5-8-32(9-6-15)23-26-7-4-17(29-23)10-21-22(33)31-24(34)36-21/h2-4,7,10,12-13,15,25H,5-6,8-9,11,14H2,1H3,(H,27,28)(H,31,33,34). The number of carbonyl (C=O) groups excluding carboxylic acids is 2. The predicted octanol–water partition coefficient (Wildman–Crippen LogP) is 2.60. The molecule has 186 valence electrons. The highest BCUT2D eigenvalue weighted by molar-refractivity contribution is 8.18. The van der Waals surface area contributed by atoms with Crippen molar-refractivity contribution in [2.75, 3.05) is 31.6 Å². The van der Waals surface area contributed by atoms with Gasteiger partial charge < -0.3 is 15.0 Å². The molecule has 0 atom stereocenters. The molecule has 2 aliphatic heterocycles. The van der Waals surface area contributed by atoms with Gasteiger partial charge in [-0.05, 0) is 61.3 Å². The van der Waals surface area contributed by atoms with E-state index in [1.54, 1.807) is 31.6 Å². The molecule has 0 unspecified atom stereocenters. The number of methoxy groups -OCH3 is 1. The van der Waals surface area contributed by atoms with Crippen LogP contribution >= 0.6 is 11.8 Å². The molecule has 3 aromatic rings. The van der Waals surface area contributed by atoms with Gasteiger partial charge in [-0.15, -0.1) is 0 Å². The zero-order valence-electron chi connectivity index (χ0n) is 19.7. The number of pyridine rings is 1. The van der Waals surface area contributed by atoms with Crippen molar-refractivity contribution in [1.29, 1.82) is 0 Å². The van der Waals surface area contributed by atoms with Crippen molar-refractivity contribution in [2.24, 2.45) is 5.92 Å². The molecule has 0 radical (unpaired) electrons. The van der Waals surface area contributed by atoms with Gasteiger partial charge in [0.05, 0.1) is 35.3 Å². The lowest BCUT2D eigenvalue weighted by atomic mass is 9.97. The third-order valence-corrected chi connectivity index (χ3v) is 6.97. The largest absolute Gasteiger partial charge is 0.495 e. The van der Waals surface area contributed by atoms with E-state index in [1.807, 2.05) is 18.3 Å². The number of nitrogens with one attached hydrogen (secondary N) is 3. The molecule has 0 bridgehead atoms. The lowest BCUT2D eigenvalue weighted by molar-refractivity contribution is -0.115. The third-order valence-electron chi connectivity index (χ3n) is 6.15. The minimum absolute atomic E-state index is 0.343. The van der Waals surface area contributed by atoms with Crippen molar-refractivity contribution in [3.63, 3.8) is 0 Å². The highest BCUT2D eigenvalue weighted by Crippen LogP contribution is 2.26. The maximum Gasteiger partial charge on any atom is 0.290 e. The van der Waals surface area contributed by atoms with Gasteiger partial charge in [-0.1, -0.05) is 0 Å². The van der Waals surface area contributed by atoms with Crippen molar-refractivity contribution < 1.29 is 14.3 Å². The molecule has 2 fully saturated rings. The van der Waals surface area contributed by atoms with Crippen molar-refractivity contribution in [3.05, 3.63) is 53.1 Å². The third kappa shape index (κ3) is 5.55. The van der Waals surface area contributed by atoms with Crippen LogP contribution < -0.4 is 20.3 Å². The summed E-state index contributed by atoms with van der Waals surface area (Å²) in [6.07, 6.45) is 8.89. The summed E-state index contributed by atoms with van der Waals surface area (Å²) in [5, 5.41) is 12.2. The quantitative estimate of drug-likeness (QED) is 0.391. The van der Waals surface area contributed by atoms with Crippen LogP contribution in [0.4, 0.5) is 10.7 Å². The predicted molar refractivity (Wildman–Crippen MR) is 136 cm³/mol. The Morgan fingerprint density at radius 2 is 2.08 bits per heavy atom. The molecule has 0 spiro atoms. The number of H-pyrrole nitrogens is 1. The van der Waals surface area contributed by atoms with E-state index in [4.69, 9.17) is 9.72 Å². The first kappa shape index (κ1) is 23.9. The first-order chi connectivity index (χ1) is 17.6. The monoisotopic (exact) mass is 506 g/mol. The van der Waals surface area contributed by atoms with Gasteiger partial charge in [0.1, 0.15) is 5.75 Å². The SMILES string of the molecule is COc1ccc(-c2cn[nH]c2)nc1CNCC1CCN(c2nccc(C=C3SC(=O)NC3=O)n2)CC1. The summed E-state index contributed by atoms with van der Waals surface area (Å²) in [5.74, 6) is 1.53. The first-order valence-corrected chi connectivity index (χ1v) is 12.5. The second-order valence-corrected chi connectivity index (χ2v) is 9.54. The number of anilines is 1. The smallest absolute Gasteiger partial charge is 0.290 e. The Hall–Kier alpha value is -3.77. The summed E-state index contributed by atoms with van der Waals surface area (Å²) >= 11 is 0.882. The lowest BCUT2D eigenvalue weighted by Crippen LogP contribution is -2.38. The van der Waals surface area contributed by atoms with Crippen molar-refractivity contribution in [2.45, 2.75) is 19.4 Å². The molecule has 12 heteroatoms. The number of ether oxygens (including phenoxy) is 1. The van der Waals surface area contributed by atoms with E-state index >= 15 is 0 Å². The normalized spacial score (nSPS) is 17.6. The van der Waals surface area contributed by atoms with Crippen LogP contribution in [-0.4, -0.2) is 63.0 Å². The number of rotatable bonds is 8. The summed E-state index contributed by atoms with van der Waals surface area (Å²) < 4.78 is 5.50. The van der Waals surface area contributed by atoms with E-state index in [1.165, 1.54) is 0 Å². The molecule has 11 nitrogen and oxygen atoms in total. The van der Waals surface area contributed by atoms with Gasteiger partial charge in [0.25, 0.3) is 11.1 Å². The topological polar surface area (TPSA) is 138 Å². The Bertz CT molecular complexity index is 1270. The molecule has 0 aliphatic carbocycles. The summed E-state index contributed by atoms with van der Waals surface area (Å²) in [7, 11) is 1.65. The maximum atomic E-state index is 11.8. The van der Waals surface area contributed by atoms with Crippen LogP contribution in [0.25, 0.3) is 17.3 Å². The van der Waals surface area contributed by atoms with Crippen molar-refractivity contribution in [3.8, 4) is 17.0 Å². The highest BCUT2D eigenvalue weighted by atomic mass is 32.2. The number of carbonyl (C=O) groups is 2. The van der Waals surface area contributed by atoms with E-state index in [2.05, 4.69) is 35.7 Å². The number of amides is 2. The Morgan fingerprint density at radius 1 is 1.22 bits per heavy atom. The maximum absolute atomic E-state index is 11.8. The molecule has 5 heterocycles. The van der Waals surface area contributed by atoms with Crippen LogP contribution in [0.1, 0.15) is 24.2 Å². The Kier molecular flexibility index (Phi) is 7.23. The minimum atomic E-state index is -0.389. The molecular weight excluding hydrogens is 480 g/mol. The van der Waals surface area contributed by atoms with Gasteiger partial charge in [0.2, 0.25) is 5.95 Å². The molecule has 0 aromatic carbocycles. The number of aromatic nitrogens is 5. The number of imide groups is 1. The second kappa shape index (κ2) is 10.9. The molecule has 2 saturated heterocycles. The number of hydrogen-bond donors (Lipinski definition) is 3. The molecule has 3 N–H and O–H groups in total. The Morgan fingerprint density at radius 3 is 2.81 bits per heavy atom. The van der Waals surface area contributed by atoms with Gasteiger partial charge in [-0.3, -0.25) is 20.0 Å². The van der Waals surface area contributed by atoms with Crippen LogP contribution in [0.3, 0.4) is 0 Å². The van der Waals surface area contributed by atoms with Gasteiger partial charge in [-0.2, -0.15) is 5.10 Å². The van der Waals surface area contributed by atoms with E-state index in [0.717, 1.165) is 66.9 Å². The Balaban J connectivity index is 1.14. The van der Waals surface area contributed by atoms with Crippen LogP contribution in [-0.2, 0) is 11.3 Å². The number of thioether (sulfide) groups is 1. The summed E-state index contributed by atoms with van der Waals surface area (Å²) in [5.41, 5.74) is 3.26. The summed E-state index contributed by atoms with van der Waals surface area (Å²) in [4.78, 5) is 39.4. The van der Waals surface area contributed by atoms with Crippen LogP contribution in [0.15, 0.2) is 41.7 Å². The molecular formula is C24H26N8O3S. The lowest BCUT2D eigenvalue weighted by Gasteiger charge is -2.32. The number of nitrogens with zero attached hydrogens (tertiary/aromatic N) is 5. The molecule has 2 aliphatic rings. The van der Waals surface area contributed by atoms with Crippen LogP contribution in [0.2, 0.25) is 0 Å². The fourth-order valence-corrected chi connectivity index (χ4v) is 4.90. The zero-order valence-corrected chi connectivity index (χ0v) is 20.5. The molecule has 0 saturated carbocycles. The van der Waals surface area contributed by atoms with E-state index < -0.39 is 0 Å². The molecule has 3 aromatic heterocycles. The number of aromatic amines is 1. The number of piperidine rings is 1. The van der Waals surface area contributed by atoms with Crippen molar-refractivity contribution in [1.82, 2.24) is 35.8 Å². The second-order valence-electron chi connectivity index (χ2n) is 8.53. The zero-order chi connectivity index (χ0) is 24.9. The molecule has 36 heavy (non-hydrogen) atoms.